The van der Waals surface area contributed by atoms with Gasteiger partial charge in [-0.1, -0.05) is 13.8 Å². The molecule has 1 aliphatic rings. The summed E-state index contributed by atoms with van der Waals surface area (Å²) in [5.41, 5.74) is 0.430. The molecule has 1 aromatic heterocycles. The maximum atomic E-state index is 4.11. The minimum Gasteiger partial charge on any atom is -0.365 e. The van der Waals surface area contributed by atoms with Gasteiger partial charge in [-0.25, -0.2) is 0 Å². The molecule has 4 heteroatoms. The lowest BCUT2D eigenvalue weighted by molar-refractivity contribution is 0.629. The van der Waals surface area contributed by atoms with Crippen LogP contribution in [0.4, 0.5) is 5.82 Å². The van der Waals surface area contributed by atoms with Gasteiger partial charge < -0.3 is 5.32 Å². The average Bonchev–Trinajstić information content (AvgIpc) is 2.75. The minimum absolute atomic E-state index is 0.430. The highest BCUT2D eigenvalue weighted by molar-refractivity contribution is 7.98. The molecule has 1 aliphatic carbocycles. The number of rotatable bonds is 3. The van der Waals surface area contributed by atoms with Gasteiger partial charge in [0, 0.05) is 6.04 Å². The van der Waals surface area contributed by atoms with Crippen molar-refractivity contribution in [2.24, 2.45) is 5.41 Å². The smallest absolute Gasteiger partial charge is 0.148 e. The Morgan fingerprint density at radius 3 is 2.57 bits per heavy atom. The summed E-state index contributed by atoms with van der Waals surface area (Å²) in [5, 5.41) is 12.5. The SMILES string of the molecule is CSc1ccc(NC2CC2(C)C)nn1. The van der Waals surface area contributed by atoms with Crippen molar-refractivity contribution >= 4 is 17.6 Å². The average molecular weight is 209 g/mol. The molecule has 0 saturated heterocycles. The Morgan fingerprint density at radius 1 is 1.43 bits per heavy atom. The van der Waals surface area contributed by atoms with E-state index in [9.17, 15) is 0 Å². The Morgan fingerprint density at radius 2 is 2.14 bits per heavy atom. The van der Waals surface area contributed by atoms with Crippen molar-refractivity contribution < 1.29 is 0 Å². The zero-order chi connectivity index (χ0) is 10.2. The van der Waals surface area contributed by atoms with Gasteiger partial charge in [0.25, 0.3) is 0 Å². The van der Waals surface area contributed by atoms with Crippen LogP contribution < -0.4 is 5.32 Å². The molecule has 1 N–H and O–H groups in total. The van der Waals surface area contributed by atoms with Crippen molar-refractivity contribution in [3.05, 3.63) is 12.1 Å². The molecule has 2 rings (SSSR count). The summed E-state index contributed by atoms with van der Waals surface area (Å²) in [6, 6.07) is 4.56. The van der Waals surface area contributed by atoms with Crippen molar-refractivity contribution in [1.29, 1.82) is 0 Å². The minimum atomic E-state index is 0.430. The maximum absolute atomic E-state index is 4.11. The summed E-state index contributed by atoms with van der Waals surface area (Å²) >= 11 is 1.61. The van der Waals surface area contributed by atoms with Gasteiger partial charge in [0.15, 0.2) is 0 Å². The lowest BCUT2D eigenvalue weighted by atomic mass is 10.2. The Labute approximate surface area is 88.7 Å². The van der Waals surface area contributed by atoms with Crippen LogP contribution in [0, 0.1) is 5.41 Å². The third kappa shape index (κ3) is 2.00. The van der Waals surface area contributed by atoms with E-state index in [0.717, 1.165) is 10.8 Å². The first-order chi connectivity index (χ1) is 6.62. The summed E-state index contributed by atoms with van der Waals surface area (Å²) < 4.78 is 0. The monoisotopic (exact) mass is 209 g/mol. The number of hydrogen-bond donors (Lipinski definition) is 1. The molecular weight excluding hydrogens is 194 g/mol. The number of nitrogens with one attached hydrogen (secondary N) is 1. The highest BCUT2D eigenvalue weighted by atomic mass is 32.2. The molecule has 1 aromatic rings. The van der Waals surface area contributed by atoms with Gasteiger partial charge in [-0.05, 0) is 30.2 Å². The standard InChI is InChI=1S/C10H15N3S/c1-10(2)6-7(10)11-8-4-5-9(14-3)13-12-8/h4-5,7H,6H2,1-3H3,(H,11,12). The number of aromatic nitrogens is 2. The van der Waals surface area contributed by atoms with E-state index in [-0.39, 0.29) is 0 Å². The Kier molecular flexibility index (Phi) is 2.39. The summed E-state index contributed by atoms with van der Waals surface area (Å²) in [5.74, 6) is 0.887. The van der Waals surface area contributed by atoms with E-state index in [2.05, 4.69) is 29.4 Å². The van der Waals surface area contributed by atoms with Crippen molar-refractivity contribution in [3.63, 3.8) is 0 Å². The first-order valence-corrected chi connectivity index (χ1v) is 5.98. The molecule has 0 amide bonds. The fraction of sp³-hybridized carbons (Fsp3) is 0.600. The zero-order valence-corrected chi connectivity index (χ0v) is 9.56. The van der Waals surface area contributed by atoms with E-state index in [0.29, 0.717) is 11.5 Å². The zero-order valence-electron chi connectivity index (χ0n) is 8.74. The number of nitrogens with zero attached hydrogens (tertiary/aromatic N) is 2. The van der Waals surface area contributed by atoms with Gasteiger partial charge in [0.05, 0.1) is 0 Å². The molecular formula is C10H15N3S. The molecule has 1 unspecified atom stereocenters. The van der Waals surface area contributed by atoms with Crippen LogP contribution in [-0.2, 0) is 0 Å². The largest absolute Gasteiger partial charge is 0.365 e. The normalized spacial score (nSPS) is 23.2. The van der Waals surface area contributed by atoms with Crippen LogP contribution in [0.15, 0.2) is 17.2 Å². The maximum Gasteiger partial charge on any atom is 0.148 e. The summed E-state index contributed by atoms with van der Waals surface area (Å²) in [7, 11) is 0. The van der Waals surface area contributed by atoms with E-state index in [4.69, 9.17) is 0 Å². The van der Waals surface area contributed by atoms with Crippen LogP contribution in [-0.4, -0.2) is 22.5 Å². The van der Waals surface area contributed by atoms with Gasteiger partial charge in [-0.2, -0.15) is 0 Å². The van der Waals surface area contributed by atoms with E-state index >= 15 is 0 Å². The van der Waals surface area contributed by atoms with E-state index in [1.54, 1.807) is 11.8 Å². The fourth-order valence-electron chi connectivity index (χ4n) is 1.40. The second-order valence-corrected chi connectivity index (χ2v) is 5.18. The number of thioether (sulfide) groups is 1. The van der Waals surface area contributed by atoms with Crippen molar-refractivity contribution in [3.8, 4) is 0 Å². The van der Waals surface area contributed by atoms with Gasteiger partial charge in [0.2, 0.25) is 0 Å². The van der Waals surface area contributed by atoms with Crippen LogP contribution in [0.25, 0.3) is 0 Å². The fourth-order valence-corrected chi connectivity index (χ4v) is 1.72. The predicted octanol–water partition coefficient (Wildman–Crippen LogP) is 2.41. The molecule has 0 aromatic carbocycles. The van der Waals surface area contributed by atoms with Gasteiger partial charge in [0.1, 0.15) is 10.8 Å². The summed E-state index contributed by atoms with van der Waals surface area (Å²) in [6.07, 6.45) is 3.22. The molecule has 76 valence electrons. The van der Waals surface area contributed by atoms with E-state index in [1.807, 2.05) is 18.4 Å². The summed E-state index contributed by atoms with van der Waals surface area (Å²) in [4.78, 5) is 0. The van der Waals surface area contributed by atoms with Gasteiger partial charge >= 0.3 is 0 Å². The molecule has 0 spiro atoms. The third-order valence-electron chi connectivity index (χ3n) is 2.68. The highest BCUT2D eigenvalue weighted by Gasteiger charge is 2.45. The molecule has 14 heavy (non-hydrogen) atoms. The molecule has 1 atom stereocenters. The number of anilines is 1. The first-order valence-electron chi connectivity index (χ1n) is 4.76. The lowest BCUT2D eigenvalue weighted by Gasteiger charge is -2.06. The highest BCUT2D eigenvalue weighted by Crippen LogP contribution is 2.46. The van der Waals surface area contributed by atoms with Crippen LogP contribution in [0.5, 0.6) is 0 Å². The summed E-state index contributed by atoms with van der Waals surface area (Å²) in [6.45, 7) is 4.52. The second-order valence-electron chi connectivity index (χ2n) is 4.35. The molecule has 1 saturated carbocycles. The predicted molar refractivity (Wildman–Crippen MR) is 59.6 cm³/mol. The van der Waals surface area contributed by atoms with Gasteiger partial charge in [-0.15, -0.1) is 22.0 Å². The Hall–Kier alpha value is -0.770. The van der Waals surface area contributed by atoms with Crippen molar-refractivity contribution in [2.45, 2.75) is 31.3 Å². The van der Waals surface area contributed by atoms with Crippen LogP contribution in [0.2, 0.25) is 0 Å². The van der Waals surface area contributed by atoms with Crippen LogP contribution in [0.3, 0.4) is 0 Å². The van der Waals surface area contributed by atoms with E-state index < -0.39 is 0 Å². The molecule has 3 nitrogen and oxygen atoms in total. The molecule has 1 fully saturated rings. The van der Waals surface area contributed by atoms with Crippen LogP contribution >= 0.6 is 11.8 Å². The lowest BCUT2D eigenvalue weighted by Crippen LogP contribution is -2.10. The quantitative estimate of drug-likeness (QED) is 0.776. The molecule has 0 aliphatic heterocycles. The number of hydrogen-bond acceptors (Lipinski definition) is 4. The van der Waals surface area contributed by atoms with Gasteiger partial charge in [-0.3, -0.25) is 0 Å². The van der Waals surface area contributed by atoms with Crippen LogP contribution in [0.1, 0.15) is 20.3 Å². The second kappa shape index (κ2) is 3.42. The topological polar surface area (TPSA) is 37.8 Å². The van der Waals surface area contributed by atoms with Crippen molar-refractivity contribution in [1.82, 2.24) is 10.2 Å². The van der Waals surface area contributed by atoms with E-state index in [1.165, 1.54) is 6.42 Å². The molecule has 0 radical (unpaired) electrons. The third-order valence-corrected chi connectivity index (χ3v) is 3.32. The Bertz CT molecular complexity index is 321. The Balaban J connectivity index is 1.98. The molecule has 1 heterocycles. The first kappa shape index (κ1) is 9.77. The molecule has 0 bridgehead atoms. The van der Waals surface area contributed by atoms with Crippen molar-refractivity contribution in [2.75, 3.05) is 11.6 Å².